The van der Waals surface area contributed by atoms with Crippen molar-refractivity contribution in [2.45, 2.75) is 0 Å². The number of rotatable bonds is 5. The summed E-state index contributed by atoms with van der Waals surface area (Å²) in [4.78, 5) is 13.1. The van der Waals surface area contributed by atoms with Crippen molar-refractivity contribution in [3.8, 4) is 17.5 Å². The first-order valence-corrected chi connectivity index (χ1v) is 8.65. The molecule has 1 amide bonds. The molecule has 0 saturated heterocycles. The minimum absolute atomic E-state index is 0.174. The molecule has 0 aliphatic rings. The number of carbonyl (C=O) groups excluding carboxylic acids is 1. The SMILES string of the molecule is N#Cc1ccc(NC(=O)/C(=C\c2ccco2)n2nnnc2-c2ccccc2)cc1. The molecule has 8 heteroatoms. The lowest BCUT2D eigenvalue weighted by Gasteiger charge is -2.10. The zero-order valence-electron chi connectivity index (χ0n) is 15.1. The Labute approximate surface area is 165 Å². The number of anilines is 1. The van der Waals surface area contributed by atoms with Crippen molar-refractivity contribution in [2.24, 2.45) is 0 Å². The van der Waals surface area contributed by atoms with Gasteiger partial charge in [0.15, 0.2) is 5.82 Å². The van der Waals surface area contributed by atoms with Crippen LogP contribution >= 0.6 is 0 Å². The predicted octanol–water partition coefficient (Wildman–Crippen LogP) is 3.44. The highest BCUT2D eigenvalue weighted by Crippen LogP contribution is 2.22. The van der Waals surface area contributed by atoms with Crippen LogP contribution in [0, 0.1) is 11.3 Å². The number of tetrazole rings is 1. The molecule has 0 aliphatic carbocycles. The van der Waals surface area contributed by atoms with Gasteiger partial charge in [-0.2, -0.15) is 9.94 Å². The molecule has 4 aromatic rings. The topological polar surface area (TPSA) is 110 Å². The van der Waals surface area contributed by atoms with E-state index in [1.807, 2.05) is 36.4 Å². The molecule has 140 valence electrons. The van der Waals surface area contributed by atoms with Gasteiger partial charge >= 0.3 is 0 Å². The summed E-state index contributed by atoms with van der Waals surface area (Å²) >= 11 is 0. The van der Waals surface area contributed by atoms with Crippen LogP contribution in [0.25, 0.3) is 23.2 Å². The van der Waals surface area contributed by atoms with Crippen molar-refractivity contribution in [3.63, 3.8) is 0 Å². The quantitative estimate of drug-likeness (QED) is 0.530. The van der Waals surface area contributed by atoms with Gasteiger partial charge in [0.2, 0.25) is 0 Å². The van der Waals surface area contributed by atoms with E-state index in [-0.39, 0.29) is 5.70 Å². The number of nitrogens with one attached hydrogen (secondary N) is 1. The van der Waals surface area contributed by atoms with Crippen LogP contribution in [0.4, 0.5) is 5.69 Å². The number of aromatic nitrogens is 4. The molecule has 2 aromatic heterocycles. The van der Waals surface area contributed by atoms with Gasteiger partial charge in [-0.25, -0.2) is 0 Å². The molecule has 1 N–H and O–H groups in total. The average molecular weight is 382 g/mol. The van der Waals surface area contributed by atoms with E-state index in [0.717, 1.165) is 5.56 Å². The first kappa shape index (κ1) is 17.9. The summed E-state index contributed by atoms with van der Waals surface area (Å²) in [5.74, 6) is 0.457. The van der Waals surface area contributed by atoms with Gasteiger partial charge in [0, 0.05) is 17.3 Å². The van der Waals surface area contributed by atoms with Crippen LogP contribution in [-0.4, -0.2) is 26.1 Å². The molecular formula is C21H14N6O2. The van der Waals surface area contributed by atoms with Crippen molar-refractivity contribution >= 4 is 23.4 Å². The molecule has 0 atom stereocenters. The van der Waals surface area contributed by atoms with Gasteiger partial charge in [-0.15, -0.1) is 5.10 Å². The number of amides is 1. The summed E-state index contributed by atoms with van der Waals surface area (Å²) < 4.78 is 6.72. The Morgan fingerprint density at radius 3 is 2.55 bits per heavy atom. The van der Waals surface area contributed by atoms with E-state index in [1.54, 1.807) is 42.5 Å². The molecule has 0 radical (unpaired) electrons. The minimum Gasteiger partial charge on any atom is -0.465 e. The van der Waals surface area contributed by atoms with E-state index < -0.39 is 5.91 Å². The van der Waals surface area contributed by atoms with Gasteiger partial charge in [0.1, 0.15) is 11.5 Å². The highest BCUT2D eigenvalue weighted by atomic mass is 16.3. The Balaban J connectivity index is 1.73. The number of hydrogen-bond acceptors (Lipinski definition) is 6. The highest BCUT2D eigenvalue weighted by molar-refractivity contribution is 6.24. The van der Waals surface area contributed by atoms with Gasteiger partial charge in [0.05, 0.1) is 17.9 Å². The third-order valence-corrected chi connectivity index (χ3v) is 4.06. The maximum absolute atomic E-state index is 13.1. The van der Waals surface area contributed by atoms with Crippen LogP contribution in [0.1, 0.15) is 11.3 Å². The molecule has 2 heterocycles. The van der Waals surface area contributed by atoms with Crippen molar-refractivity contribution in [1.29, 1.82) is 5.26 Å². The number of nitriles is 1. The second-order valence-corrected chi connectivity index (χ2v) is 5.97. The second-order valence-electron chi connectivity index (χ2n) is 5.97. The number of carbonyl (C=O) groups is 1. The lowest BCUT2D eigenvalue weighted by Crippen LogP contribution is -2.19. The number of benzene rings is 2. The Morgan fingerprint density at radius 2 is 1.86 bits per heavy atom. The zero-order chi connectivity index (χ0) is 20.1. The lowest BCUT2D eigenvalue weighted by atomic mass is 10.2. The van der Waals surface area contributed by atoms with Crippen LogP contribution in [-0.2, 0) is 4.79 Å². The van der Waals surface area contributed by atoms with Crippen molar-refractivity contribution in [3.05, 3.63) is 84.3 Å². The van der Waals surface area contributed by atoms with E-state index in [4.69, 9.17) is 9.68 Å². The summed E-state index contributed by atoms with van der Waals surface area (Å²) in [5, 5.41) is 23.5. The van der Waals surface area contributed by atoms with Crippen LogP contribution in [0.2, 0.25) is 0 Å². The van der Waals surface area contributed by atoms with Crippen molar-refractivity contribution in [1.82, 2.24) is 20.2 Å². The van der Waals surface area contributed by atoms with Gasteiger partial charge in [-0.1, -0.05) is 30.3 Å². The van der Waals surface area contributed by atoms with Crippen LogP contribution in [0.3, 0.4) is 0 Å². The smallest absolute Gasteiger partial charge is 0.274 e. The van der Waals surface area contributed by atoms with Crippen molar-refractivity contribution in [2.75, 3.05) is 5.32 Å². The molecule has 0 fully saturated rings. The fourth-order valence-electron chi connectivity index (χ4n) is 2.67. The zero-order valence-corrected chi connectivity index (χ0v) is 15.1. The Morgan fingerprint density at radius 1 is 1.07 bits per heavy atom. The molecule has 8 nitrogen and oxygen atoms in total. The molecular weight excluding hydrogens is 368 g/mol. The van der Waals surface area contributed by atoms with Gasteiger partial charge < -0.3 is 9.73 Å². The largest absolute Gasteiger partial charge is 0.465 e. The maximum atomic E-state index is 13.1. The Bertz CT molecular complexity index is 1190. The fraction of sp³-hybridized carbons (Fsp3) is 0. The molecule has 4 rings (SSSR count). The monoisotopic (exact) mass is 382 g/mol. The van der Waals surface area contributed by atoms with Gasteiger partial charge in [0.25, 0.3) is 5.91 Å². The summed E-state index contributed by atoms with van der Waals surface area (Å²) in [5.41, 5.74) is 1.97. The molecule has 29 heavy (non-hydrogen) atoms. The first-order chi connectivity index (χ1) is 14.2. The van der Waals surface area contributed by atoms with Gasteiger partial charge in [-0.3, -0.25) is 4.79 Å². The van der Waals surface area contributed by atoms with E-state index in [0.29, 0.717) is 22.8 Å². The van der Waals surface area contributed by atoms with E-state index in [2.05, 4.69) is 20.8 Å². The third-order valence-electron chi connectivity index (χ3n) is 4.06. The Hall–Kier alpha value is -4.51. The van der Waals surface area contributed by atoms with Gasteiger partial charge in [-0.05, 0) is 46.8 Å². The molecule has 0 saturated carbocycles. The molecule has 0 spiro atoms. The van der Waals surface area contributed by atoms with E-state index in [1.165, 1.54) is 10.9 Å². The van der Waals surface area contributed by atoms with Crippen LogP contribution in [0.15, 0.2) is 77.4 Å². The first-order valence-electron chi connectivity index (χ1n) is 8.65. The predicted molar refractivity (Wildman–Crippen MR) is 106 cm³/mol. The summed E-state index contributed by atoms with van der Waals surface area (Å²) in [7, 11) is 0. The molecule has 0 unspecified atom stereocenters. The minimum atomic E-state index is -0.435. The third kappa shape index (κ3) is 3.94. The maximum Gasteiger partial charge on any atom is 0.274 e. The average Bonchev–Trinajstić information content (AvgIpc) is 3.45. The molecule has 2 aromatic carbocycles. The Kier molecular flexibility index (Phi) is 4.95. The summed E-state index contributed by atoms with van der Waals surface area (Å²) in [6.45, 7) is 0. The highest BCUT2D eigenvalue weighted by Gasteiger charge is 2.20. The van der Waals surface area contributed by atoms with E-state index >= 15 is 0 Å². The number of nitrogens with zero attached hydrogens (tertiary/aromatic N) is 5. The van der Waals surface area contributed by atoms with Crippen molar-refractivity contribution < 1.29 is 9.21 Å². The second kappa shape index (κ2) is 8.02. The summed E-state index contributed by atoms with van der Waals surface area (Å²) in [6, 6.07) is 21.3. The number of hydrogen-bond donors (Lipinski definition) is 1. The lowest BCUT2D eigenvalue weighted by molar-refractivity contribution is -0.111. The number of furan rings is 1. The summed E-state index contributed by atoms with van der Waals surface area (Å²) in [6.07, 6.45) is 3.07. The fourth-order valence-corrected chi connectivity index (χ4v) is 2.67. The standard InChI is InChI=1S/C21H14N6O2/c22-14-15-8-10-17(11-9-15)23-21(28)19(13-18-7-4-12-29-18)27-20(24-25-26-27)16-5-2-1-3-6-16/h1-13H,(H,23,28)/b19-13+. The van der Waals surface area contributed by atoms with Crippen LogP contribution in [0.5, 0.6) is 0 Å². The normalized spacial score (nSPS) is 11.1. The molecule has 0 aliphatic heterocycles. The molecule has 0 bridgehead atoms. The van der Waals surface area contributed by atoms with Crippen LogP contribution < -0.4 is 5.32 Å². The van der Waals surface area contributed by atoms with E-state index in [9.17, 15) is 4.79 Å².